The molecule has 0 aliphatic rings. The third-order valence-electron chi connectivity index (χ3n) is 7.16. The Balaban J connectivity index is 1.39. The second-order valence-electron chi connectivity index (χ2n) is 10.2. The molecule has 0 aliphatic heterocycles. The molecule has 4 aromatic rings. The molecular formula is C34H36N4O5. The van der Waals surface area contributed by atoms with Crippen LogP contribution in [0.25, 0.3) is 17.0 Å². The van der Waals surface area contributed by atoms with Crippen LogP contribution in [0.1, 0.15) is 50.9 Å². The van der Waals surface area contributed by atoms with Crippen molar-refractivity contribution in [3.05, 3.63) is 100 Å². The quantitative estimate of drug-likeness (QED) is 0.197. The third kappa shape index (κ3) is 7.43. The van der Waals surface area contributed by atoms with Crippen LogP contribution in [0.2, 0.25) is 0 Å². The van der Waals surface area contributed by atoms with Crippen molar-refractivity contribution in [2.75, 3.05) is 25.1 Å². The van der Waals surface area contributed by atoms with Gasteiger partial charge in [0.25, 0.3) is 0 Å². The van der Waals surface area contributed by atoms with E-state index in [1.807, 2.05) is 51.1 Å². The minimum Gasteiger partial charge on any atom is -0.487 e. The van der Waals surface area contributed by atoms with E-state index in [0.717, 1.165) is 44.5 Å². The molecule has 0 saturated heterocycles. The van der Waals surface area contributed by atoms with Gasteiger partial charge in [0.2, 0.25) is 11.8 Å². The molecule has 1 N–H and O–H groups in total. The van der Waals surface area contributed by atoms with Gasteiger partial charge in [-0.05, 0) is 92.8 Å². The highest BCUT2D eigenvalue weighted by molar-refractivity contribution is 5.99. The van der Waals surface area contributed by atoms with E-state index in [1.54, 1.807) is 26.1 Å². The number of amides is 2. The number of esters is 1. The van der Waals surface area contributed by atoms with E-state index in [4.69, 9.17) is 14.5 Å². The number of fused-ring (bicyclic) bond motifs is 1. The van der Waals surface area contributed by atoms with Crippen molar-refractivity contribution < 1.29 is 23.9 Å². The monoisotopic (exact) mass is 580 g/mol. The number of carbonyl (C=O) groups is 3. The van der Waals surface area contributed by atoms with Gasteiger partial charge < -0.3 is 19.7 Å². The first-order chi connectivity index (χ1) is 20.6. The van der Waals surface area contributed by atoms with Crippen LogP contribution in [-0.2, 0) is 20.9 Å². The van der Waals surface area contributed by atoms with E-state index >= 15 is 0 Å². The molecule has 2 heterocycles. The van der Waals surface area contributed by atoms with Gasteiger partial charge in [-0.3, -0.25) is 9.59 Å². The number of nitrogens with one attached hydrogen (secondary N) is 1. The number of carbonyl (C=O) groups excluding carboxylic acids is 3. The molecule has 2 aromatic carbocycles. The maximum Gasteiger partial charge on any atom is 0.356 e. The number of hydrogen-bond donors (Lipinski definition) is 1. The summed E-state index contributed by atoms with van der Waals surface area (Å²) in [5, 5.41) is 3.68. The molecule has 222 valence electrons. The highest BCUT2D eigenvalue weighted by atomic mass is 16.5. The molecule has 2 amide bonds. The summed E-state index contributed by atoms with van der Waals surface area (Å²) in [6, 6.07) is 15.0. The largest absolute Gasteiger partial charge is 0.487 e. The Bertz CT molecular complexity index is 1700. The lowest BCUT2D eigenvalue weighted by atomic mass is 10.0. The van der Waals surface area contributed by atoms with Gasteiger partial charge in [-0.2, -0.15) is 0 Å². The van der Waals surface area contributed by atoms with Gasteiger partial charge in [0.05, 0.1) is 13.2 Å². The van der Waals surface area contributed by atoms with E-state index in [-0.39, 0.29) is 24.8 Å². The van der Waals surface area contributed by atoms with Crippen LogP contribution in [0.15, 0.2) is 60.8 Å². The summed E-state index contributed by atoms with van der Waals surface area (Å²) in [5.74, 6) is -0.501. The van der Waals surface area contributed by atoms with Crippen molar-refractivity contribution in [2.45, 2.75) is 41.2 Å². The molecule has 0 saturated carbocycles. The lowest BCUT2D eigenvalue weighted by Gasteiger charge is -2.23. The highest BCUT2D eigenvalue weighted by Gasteiger charge is 2.18. The second kappa shape index (κ2) is 13.7. The van der Waals surface area contributed by atoms with E-state index in [1.165, 1.54) is 23.2 Å². The van der Waals surface area contributed by atoms with Gasteiger partial charge >= 0.3 is 5.97 Å². The molecule has 0 fully saturated rings. The zero-order valence-electron chi connectivity index (χ0n) is 25.4. The lowest BCUT2D eigenvalue weighted by molar-refractivity contribution is -0.122. The minimum atomic E-state index is -0.505. The molecule has 9 heteroatoms. The number of anilines is 1. The first-order valence-electron chi connectivity index (χ1n) is 14.0. The van der Waals surface area contributed by atoms with Crippen LogP contribution in [0.5, 0.6) is 5.75 Å². The Labute approximate surface area is 251 Å². The van der Waals surface area contributed by atoms with Gasteiger partial charge in [0.1, 0.15) is 23.6 Å². The van der Waals surface area contributed by atoms with Crippen molar-refractivity contribution in [3.63, 3.8) is 0 Å². The fourth-order valence-corrected chi connectivity index (χ4v) is 4.76. The van der Waals surface area contributed by atoms with Crippen LogP contribution in [0.3, 0.4) is 0 Å². The Morgan fingerprint density at radius 1 is 1.00 bits per heavy atom. The van der Waals surface area contributed by atoms with Crippen LogP contribution in [0.4, 0.5) is 5.69 Å². The molecule has 0 radical (unpaired) electrons. The SMILES string of the molecule is CCOC(=O)c1ccc(/C=C/C(=O)NCC(=O)N(C)c2ccc(C)c(COc3cccc4c(C)cc(C)nc34)c2C)cn1. The molecular weight excluding hydrogens is 544 g/mol. The van der Waals surface area contributed by atoms with Crippen molar-refractivity contribution in [1.82, 2.24) is 15.3 Å². The van der Waals surface area contributed by atoms with Gasteiger partial charge in [-0.15, -0.1) is 0 Å². The average Bonchev–Trinajstić information content (AvgIpc) is 2.99. The van der Waals surface area contributed by atoms with E-state index in [9.17, 15) is 14.4 Å². The summed E-state index contributed by atoms with van der Waals surface area (Å²) in [7, 11) is 1.68. The van der Waals surface area contributed by atoms with Crippen LogP contribution in [0, 0.1) is 27.7 Å². The van der Waals surface area contributed by atoms with Crippen LogP contribution >= 0.6 is 0 Å². The smallest absolute Gasteiger partial charge is 0.356 e. The Hall–Kier alpha value is -5.05. The zero-order valence-corrected chi connectivity index (χ0v) is 25.4. The predicted molar refractivity (Wildman–Crippen MR) is 167 cm³/mol. The number of pyridine rings is 2. The van der Waals surface area contributed by atoms with Crippen molar-refractivity contribution in [1.29, 1.82) is 0 Å². The fourth-order valence-electron chi connectivity index (χ4n) is 4.76. The third-order valence-corrected chi connectivity index (χ3v) is 7.16. The average molecular weight is 581 g/mol. The van der Waals surface area contributed by atoms with Crippen molar-refractivity contribution >= 4 is 40.4 Å². The number of ether oxygens (including phenoxy) is 2. The van der Waals surface area contributed by atoms with E-state index < -0.39 is 11.9 Å². The number of aromatic nitrogens is 2. The second-order valence-corrected chi connectivity index (χ2v) is 10.2. The minimum absolute atomic E-state index is 0.181. The number of nitrogens with zero attached hydrogens (tertiary/aromatic N) is 3. The number of rotatable bonds is 10. The Kier molecular flexibility index (Phi) is 9.87. The maximum absolute atomic E-state index is 13.0. The van der Waals surface area contributed by atoms with Gasteiger partial charge in [-0.25, -0.2) is 14.8 Å². The maximum atomic E-state index is 13.0. The van der Waals surface area contributed by atoms with Gasteiger partial charge in [0.15, 0.2) is 0 Å². The van der Waals surface area contributed by atoms with Crippen LogP contribution < -0.4 is 15.0 Å². The normalized spacial score (nSPS) is 11.0. The molecule has 43 heavy (non-hydrogen) atoms. The molecule has 0 bridgehead atoms. The fraction of sp³-hybridized carbons (Fsp3) is 0.265. The number of hydrogen-bond acceptors (Lipinski definition) is 7. The predicted octanol–water partition coefficient (Wildman–Crippen LogP) is 5.41. The Morgan fingerprint density at radius 3 is 2.51 bits per heavy atom. The van der Waals surface area contributed by atoms with E-state index in [0.29, 0.717) is 17.9 Å². The number of para-hydroxylation sites is 1. The lowest BCUT2D eigenvalue weighted by Crippen LogP contribution is -2.38. The molecule has 4 rings (SSSR count). The first-order valence-corrected chi connectivity index (χ1v) is 14.0. The van der Waals surface area contributed by atoms with Crippen molar-refractivity contribution in [2.24, 2.45) is 0 Å². The summed E-state index contributed by atoms with van der Waals surface area (Å²) in [6.45, 7) is 10.1. The number of benzene rings is 2. The molecule has 0 aliphatic carbocycles. The summed E-state index contributed by atoms with van der Waals surface area (Å²) >= 11 is 0. The number of aryl methyl sites for hydroxylation is 3. The van der Waals surface area contributed by atoms with Crippen molar-refractivity contribution in [3.8, 4) is 5.75 Å². The first kappa shape index (κ1) is 30.9. The van der Waals surface area contributed by atoms with E-state index in [2.05, 4.69) is 23.3 Å². The molecule has 0 spiro atoms. The molecule has 2 aromatic heterocycles. The summed E-state index contributed by atoms with van der Waals surface area (Å²) in [4.78, 5) is 47.4. The van der Waals surface area contributed by atoms with Gasteiger partial charge in [-0.1, -0.05) is 24.3 Å². The standard InChI is InChI=1S/C34H36N4O5/c1-7-42-34(41)28-14-12-25(18-35-28)13-16-31(39)36-19-32(40)38(6)29-15-11-21(2)27(24(29)5)20-43-30-10-8-9-26-22(3)17-23(4)37-33(26)30/h8-18H,7,19-20H2,1-6H3,(H,36,39)/b16-13+. The molecule has 0 atom stereocenters. The summed E-state index contributed by atoms with van der Waals surface area (Å²) in [5.41, 5.74) is 7.39. The summed E-state index contributed by atoms with van der Waals surface area (Å²) in [6.07, 6.45) is 4.33. The Morgan fingerprint density at radius 2 is 1.79 bits per heavy atom. The van der Waals surface area contributed by atoms with Gasteiger partial charge in [0, 0.05) is 36.1 Å². The van der Waals surface area contributed by atoms with Crippen LogP contribution in [-0.4, -0.2) is 48.0 Å². The molecule has 9 nitrogen and oxygen atoms in total. The summed E-state index contributed by atoms with van der Waals surface area (Å²) < 4.78 is 11.2. The topological polar surface area (TPSA) is 111 Å². The highest BCUT2D eigenvalue weighted by Crippen LogP contribution is 2.30. The number of likely N-dealkylation sites (N-methyl/N-ethyl adjacent to an activating group) is 1. The zero-order chi connectivity index (χ0) is 31.1. The molecule has 0 unspecified atom stereocenters.